The molecule has 0 aliphatic rings. The summed E-state index contributed by atoms with van der Waals surface area (Å²) in [5, 5.41) is 9.64. The third kappa shape index (κ3) is 4.70. The van der Waals surface area contributed by atoms with Gasteiger partial charge in [-0.15, -0.1) is 11.3 Å². The lowest BCUT2D eigenvalue weighted by Gasteiger charge is -2.26. The molecule has 0 unspecified atom stereocenters. The number of hydrogen-bond donors (Lipinski definition) is 0. The van der Waals surface area contributed by atoms with Gasteiger partial charge in [0.1, 0.15) is 22.3 Å². The van der Waals surface area contributed by atoms with Gasteiger partial charge in [-0.2, -0.15) is 0 Å². The zero-order chi connectivity index (χ0) is 36.7. The van der Waals surface area contributed by atoms with E-state index < -0.39 is 0 Å². The number of thiophene rings is 1. The zero-order valence-electron chi connectivity index (χ0n) is 30.1. The molecule has 0 bridgehead atoms. The van der Waals surface area contributed by atoms with Crippen LogP contribution in [0.2, 0.25) is 0 Å². The maximum atomic E-state index is 6.42. The molecule has 0 saturated carbocycles. The predicted octanol–water partition coefficient (Wildman–Crippen LogP) is 15.8. The second-order valence-electron chi connectivity index (χ2n) is 14.4. The minimum Gasteiger partial charge on any atom is -0.456 e. The summed E-state index contributed by atoms with van der Waals surface area (Å²) in [6.07, 6.45) is 0. The molecule has 3 heterocycles. The van der Waals surface area contributed by atoms with Gasteiger partial charge >= 0.3 is 0 Å². The number of rotatable bonds is 5. The standard InChI is InChI=1S/C52H31NO2S/c1-2-11-38-32(10-1)26-31-43-42-17-8-15-39(51(42)56-52(38)43)34-24-29-36(30-25-34)53(45-18-9-21-48-49(45)44-13-4-6-20-47(44)54-48)35-27-22-33(23-28-35)37-14-7-16-41-40-12-3-5-19-46(40)55-50(37)41/h1-31H. The summed E-state index contributed by atoms with van der Waals surface area (Å²) in [5.74, 6) is 0. The van der Waals surface area contributed by atoms with Crippen molar-refractivity contribution in [1.29, 1.82) is 0 Å². The van der Waals surface area contributed by atoms with Crippen molar-refractivity contribution >= 4 is 103 Å². The first-order valence-corrected chi connectivity index (χ1v) is 19.7. The van der Waals surface area contributed by atoms with Crippen LogP contribution in [0.25, 0.3) is 97.1 Å². The summed E-state index contributed by atoms with van der Waals surface area (Å²) in [4.78, 5) is 2.35. The summed E-state index contributed by atoms with van der Waals surface area (Å²) in [7, 11) is 0. The Bertz CT molecular complexity index is 3480. The molecule has 4 heteroatoms. The van der Waals surface area contributed by atoms with E-state index in [2.05, 4.69) is 169 Å². The van der Waals surface area contributed by atoms with Crippen LogP contribution in [0.5, 0.6) is 0 Å². The highest BCUT2D eigenvalue weighted by molar-refractivity contribution is 7.27. The quantitative estimate of drug-likeness (QED) is 0.176. The topological polar surface area (TPSA) is 29.5 Å². The number of nitrogens with zero attached hydrogens (tertiary/aromatic N) is 1. The molecule has 12 aromatic rings. The van der Waals surface area contributed by atoms with E-state index in [4.69, 9.17) is 8.83 Å². The summed E-state index contributed by atoms with van der Waals surface area (Å²) in [5.41, 5.74) is 11.3. The fraction of sp³-hybridized carbons (Fsp3) is 0. The van der Waals surface area contributed by atoms with Gasteiger partial charge in [-0.1, -0.05) is 140 Å². The van der Waals surface area contributed by atoms with Gasteiger partial charge in [0.2, 0.25) is 0 Å². The van der Waals surface area contributed by atoms with Gasteiger partial charge in [0.05, 0.1) is 11.1 Å². The van der Waals surface area contributed by atoms with Crippen LogP contribution in [0.4, 0.5) is 17.1 Å². The average Bonchev–Trinajstić information content (AvgIpc) is 3.96. The van der Waals surface area contributed by atoms with E-state index in [0.29, 0.717) is 0 Å². The van der Waals surface area contributed by atoms with Crippen LogP contribution in [0.15, 0.2) is 197 Å². The Hall–Kier alpha value is -7.14. The molecule has 0 atom stereocenters. The maximum absolute atomic E-state index is 6.42. The molecule has 9 aromatic carbocycles. The SMILES string of the molecule is c1ccc2c(c1)ccc1c3cccc(-c4ccc(N(c5ccc(-c6cccc7c6oc6ccccc67)cc5)c5cccc6oc7ccccc7c56)cc4)c3sc21. The van der Waals surface area contributed by atoms with Crippen molar-refractivity contribution in [3.05, 3.63) is 188 Å². The number of fused-ring (bicyclic) bond motifs is 11. The first-order valence-electron chi connectivity index (χ1n) is 18.9. The largest absolute Gasteiger partial charge is 0.456 e. The van der Waals surface area contributed by atoms with Crippen LogP contribution in [0.3, 0.4) is 0 Å². The van der Waals surface area contributed by atoms with Crippen molar-refractivity contribution in [2.75, 3.05) is 4.90 Å². The molecule has 0 amide bonds. The Balaban J connectivity index is 1.01. The van der Waals surface area contributed by atoms with E-state index in [9.17, 15) is 0 Å². The third-order valence-electron chi connectivity index (χ3n) is 11.3. The molecule has 0 aliphatic heterocycles. The molecule has 3 nitrogen and oxygen atoms in total. The van der Waals surface area contributed by atoms with Crippen LogP contribution < -0.4 is 4.90 Å². The molecule has 0 spiro atoms. The zero-order valence-corrected chi connectivity index (χ0v) is 30.9. The fourth-order valence-electron chi connectivity index (χ4n) is 8.68. The fourth-order valence-corrected chi connectivity index (χ4v) is 10.0. The van der Waals surface area contributed by atoms with E-state index in [0.717, 1.165) is 72.1 Å². The summed E-state index contributed by atoms with van der Waals surface area (Å²) in [6, 6.07) is 67.1. The predicted molar refractivity (Wildman–Crippen MR) is 237 cm³/mol. The first-order chi connectivity index (χ1) is 27.8. The molecular weight excluding hydrogens is 703 g/mol. The van der Waals surface area contributed by atoms with Crippen molar-refractivity contribution in [2.24, 2.45) is 0 Å². The van der Waals surface area contributed by atoms with Gasteiger partial charge in [0, 0.05) is 53.3 Å². The molecule has 56 heavy (non-hydrogen) atoms. The summed E-state index contributed by atoms with van der Waals surface area (Å²) in [6.45, 7) is 0. The molecule has 12 rings (SSSR count). The Morgan fingerprint density at radius 2 is 0.929 bits per heavy atom. The Kier molecular flexibility index (Phi) is 6.80. The van der Waals surface area contributed by atoms with Crippen LogP contribution in [-0.4, -0.2) is 0 Å². The summed E-state index contributed by atoms with van der Waals surface area (Å²) < 4.78 is 15.5. The summed E-state index contributed by atoms with van der Waals surface area (Å²) >= 11 is 1.89. The first kappa shape index (κ1) is 31.2. The van der Waals surface area contributed by atoms with E-state index in [1.807, 2.05) is 35.6 Å². The minimum atomic E-state index is 0.863. The monoisotopic (exact) mass is 733 g/mol. The van der Waals surface area contributed by atoms with Crippen molar-refractivity contribution in [3.8, 4) is 22.3 Å². The Labute approximate surface area is 325 Å². The smallest absolute Gasteiger partial charge is 0.143 e. The molecule has 0 aliphatic carbocycles. The highest BCUT2D eigenvalue weighted by Gasteiger charge is 2.21. The van der Waals surface area contributed by atoms with Gasteiger partial charge in [-0.25, -0.2) is 0 Å². The van der Waals surface area contributed by atoms with Gasteiger partial charge in [-0.3, -0.25) is 0 Å². The van der Waals surface area contributed by atoms with E-state index in [-0.39, 0.29) is 0 Å². The minimum absolute atomic E-state index is 0.863. The van der Waals surface area contributed by atoms with Crippen LogP contribution in [0, 0.1) is 0 Å². The third-order valence-corrected chi connectivity index (χ3v) is 12.6. The van der Waals surface area contributed by atoms with Crippen molar-refractivity contribution in [1.82, 2.24) is 0 Å². The second-order valence-corrected chi connectivity index (χ2v) is 15.4. The molecule has 0 N–H and O–H groups in total. The van der Waals surface area contributed by atoms with Gasteiger partial charge in [0.15, 0.2) is 0 Å². The number of furan rings is 2. The lowest BCUT2D eigenvalue weighted by molar-refractivity contribution is 0.669. The Morgan fingerprint density at radius 3 is 1.71 bits per heavy atom. The molecule has 3 aromatic heterocycles. The molecular formula is C52H31NO2S. The maximum Gasteiger partial charge on any atom is 0.143 e. The normalized spacial score (nSPS) is 11.9. The highest BCUT2D eigenvalue weighted by Crippen LogP contribution is 2.46. The van der Waals surface area contributed by atoms with Crippen LogP contribution >= 0.6 is 11.3 Å². The number of para-hydroxylation sites is 3. The van der Waals surface area contributed by atoms with Crippen LogP contribution in [-0.2, 0) is 0 Å². The second kappa shape index (κ2) is 12.2. The van der Waals surface area contributed by atoms with Crippen molar-refractivity contribution < 1.29 is 8.83 Å². The molecule has 0 fully saturated rings. The lowest BCUT2D eigenvalue weighted by atomic mass is 10.00. The van der Waals surface area contributed by atoms with Crippen molar-refractivity contribution in [2.45, 2.75) is 0 Å². The number of benzene rings is 9. The number of hydrogen-bond acceptors (Lipinski definition) is 4. The van der Waals surface area contributed by atoms with E-state index in [1.54, 1.807) is 0 Å². The average molecular weight is 734 g/mol. The lowest BCUT2D eigenvalue weighted by Crippen LogP contribution is -2.10. The van der Waals surface area contributed by atoms with Gasteiger partial charge in [0.25, 0.3) is 0 Å². The van der Waals surface area contributed by atoms with Crippen molar-refractivity contribution in [3.63, 3.8) is 0 Å². The number of anilines is 3. The van der Waals surface area contributed by atoms with Crippen LogP contribution in [0.1, 0.15) is 0 Å². The highest BCUT2D eigenvalue weighted by atomic mass is 32.1. The van der Waals surface area contributed by atoms with Gasteiger partial charge in [-0.05, 0) is 76.0 Å². The van der Waals surface area contributed by atoms with Gasteiger partial charge < -0.3 is 13.7 Å². The molecule has 0 saturated heterocycles. The Morgan fingerprint density at radius 1 is 0.357 bits per heavy atom. The van der Waals surface area contributed by atoms with E-state index in [1.165, 1.54) is 42.1 Å². The van der Waals surface area contributed by atoms with E-state index >= 15 is 0 Å². The molecule has 0 radical (unpaired) electrons. The molecule has 262 valence electrons.